The largest absolute Gasteiger partial charge is 0.481 e. The Morgan fingerprint density at radius 1 is 1.13 bits per heavy atom. The molecule has 0 atom stereocenters. The summed E-state index contributed by atoms with van der Waals surface area (Å²) >= 11 is 7.65. The van der Waals surface area contributed by atoms with E-state index in [1.165, 1.54) is 0 Å². The summed E-state index contributed by atoms with van der Waals surface area (Å²) in [4.78, 5) is 24.2. The molecule has 0 unspecified atom stereocenters. The van der Waals surface area contributed by atoms with Gasteiger partial charge in [-0.15, -0.1) is 11.3 Å². The fourth-order valence-electron chi connectivity index (χ4n) is 3.93. The molecule has 0 saturated carbocycles. The van der Waals surface area contributed by atoms with Gasteiger partial charge in [0.15, 0.2) is 0 Å². The maximum atomic E-state index is 11.6. The van der Waals surface area contributed by atoms with Gasteiger partial charge in [-0.05, 0) is 60.9 Å². The summed E-state index contributed by atoms with van der Waals surface area (Å²) in [6.45, 7) is 3.94. The van der Waals surface area contributed by atoms with E-state index in [1.54, 1.807) is 11.3 Å². The molecule has 5 rings (SSSR count). The summed E-state index contributed by atoms with van der Waals surface area (Å²) in [6.07, 6.45) is 1.77. The Kier molecular flexibility index (Phi) is 4.76. The van der Waals surface area contributed by atoms with Crippen molar-refractivity contribution in [3.8, 4) is 21.7 Å². The Balaban J connectivity index is 1.75. The average Bonchev–Trinajstić information content (AvgIpc) is 3.30. The summed E-state index contributed by atoms with van der Waals surface area (Å²) in [5, 5.41) is 12.0. The molecule has 31 heavy (non-hydrogen) atoms. The number of thiazole rings is 1. The second kappa shape index (κ2) is 7.48. The minimum absolute atomic E-state index is 0.0525. The summed E-state index contributed by atoms with van der Waals surface area (Å²) in [6, 6.07) is 13.6. The van der Waals surface area contributed by atoms with Crippen molar-refractivity contribution in [1.29, 1.82) is 0 Å². The zero-order valence-electron chi connectivity index (χ0n) is 16.9. The van der Waals surface area contributed by atoms with E-state index in [2.05, 4.69) is 22.1 Å². The molecule has 0 aliphatic heterocycles. The molecule has 3 heterocycles. The van der Waals surface area contributed by atoms with Crippen molar-refractivity contribution >= 4 is 50.2 Å². The lowest BCUT2D eigenvalue weighted by molar-refractivity contribution is -0.136. The monoisotopic (exact) mass is 447 g/mol. The van der Waals surface area contributed by atoms with Crippen LogP contribution in [0, 0.1) is 13.8 Å². The van der Waals surface area contributed by atoms with E-state index in [0.717, 1.165) is 59.8 Å². The first kappa shape index (κ1) is 19.7. The first-order valence-electron chi connectivity index (χ1n) is 9.75. The minimum Gasteiger partial charge on any atom is -0.481 e. The summed E-state index contributed by atoms with van der Waals surface area (Å²) < 4.78 is 0.963. The van der Waals surface area contributed by atoms with Crippen LogP contribution in [0.5, 0.6) is 0 Å². The van der Waals surface area contributed by atoms with E-state index in [-0.39, 0.29) is 6.42 Å². The number of carboxylic acids is 1. The van der Waals surface area contributed by atoms with E-state index in [0.29, 0.717) is 5.02 Å². The number of nitrogens with one attached hydrogen (secondary N) is 1. The molecule has 0 radical (unpaired) electrons. The molecule has 5 aromatic rings. The molecule has 5 nitrogen and oxygen atoms in total. The maximum Gasteiger partial charge on any atom is 0.307 e. The molecular formula is C24H18ClN3O2S. The number of pyridine rings is 1. The lowest BCUT2D eigenvalue weighted by Crippen LogP contribution is -2.04. The van der Waals surface area contributed by atoms with Crippen molar-refractivity contribution in [1.82, 2.24) is 15.0 Å². The molecular weight excluding hydrogens is 430 g/mol. The summed E-state index contributed by atoms with van der Waals surface area (Å²) in [5.74, 6) is -0.861. The molecule has 2 aromatic carbocycles. The van der Waals surface area contributed by atoms with Gasteiger partial charge in [-0.1, -0.05) is 23.7 Å². The highest BCUT2D eigenvalue weighted by Gasteiger charge is 2.19. The number of rotatable bonds is 4. The molecule has 0 aliphatic carbocycles. The minimum atomic E-state index is -0.861. The lowest BCUT2D eigenvalue weighted by Gasteiger charge is -2.13. The number of hydrogen-bond donors (Lipinski definition) is 2. The summed E-state index contributed by atoms with van der Waals surface area (Å²) in [5.41, 5.74) is 7.24. The number of halogens is 1. The van der Waals surface area contributed by atoms with Crippen LogP contribution in [0.15, 0.2) is 48.7 Å². The molecule has 0 bridgehead atoms. The second-order valence-electron chi connectivity index (χ2n) is 7.61. The van der Waals surface area contributed by atoms with Gasteiger partial charge < -0.3 is 10.1 Å². The molecule has 0 spiro atoms. The third kappa shape index (κ3) is 3.58. The Hall–Kier alpha value is -3.22. The fourth-order valence-corrected chi connectivity index (χ4v) is 5.17. The fraction of sp³-hybridized carbons (Fsp3) is 0.125. The number of nitrogens with zero attached hydrogens (tertiary/aromatic N) is 2. The zero-order chi connectivity index (χ0) is 21.7. The second-order valence-corrected chi connectivity index (χ2v) is 9.04. The molecule has 3 aromatic heterocycles. The van der Waals surface area contributed by atoms with E-state index in [9.17, 15) is 9.90 Å². The van der Waals surface area contributed by atoms with Crippen LogP contribution in [0.1, 0.15) is 16.8 Å². The number of carbonyl (C=O) groups is 1. The summed E-state index contributed by atoms with van der Waals surface area (Å²) in [7, 11) is 0. The van der Waals surface area contributed by atoms with Gasteiger partial charge in [0.05, 0.1) is 16.6 Å². The standard InChI is InChI=1S/C24H18ClN3O2S/c1-12-7-19-22(21(18(12)10-20(29)30)14-3-5-17(25)6-4-14)31-24(28-19)16-9-15-8-13(2)27-23(15)26-11-16/h3-9,11H,10H2,1-2H3,(H,26,27)(H,29,30). The van der Waals surface area contributed by atoms with Crippen LogP contribution in [0.25, 0.3) is 42.9 Å². The molecule has 0 aliphatic rings. The van der Waals surface area contributed by atoms with Gasteiger partial charge in [-0.3, -0.25) is 4.79 Å². The van der Waals surface area contributed by atoms with Crippen LogP contribution in [-0.4, -0.2) is 26.0 Å². The van der Waals surface area contributed by atoms with Crippen LogP contribution < -0.4 is 0 Å². The number of aryl methyl sites for hydroxylation is 2. The zero-order valence-corrected chi connectivity index (χ0v) is 18.4. The highest BCUT2D eigenvalue weighted by atomic mass is 35.5. The number of carboxylic acid groups (broad SMARTS) is 1. The molecule has 2 N–H and O–H groups in total. The highest BCUT2D eigenvalue weighted by molar-refractivity contribution is 7.22. The smallest absolute Gasteiger partial charge is 0.307 e. The number of fused-ring (bicyclic) bond motifs is 2. The number of aromatic nitrogens is 3. The molecule has 154 valence electrons. The number of benzene rings is 2. The molecule has 0 fully saturated rings. The van der Waals surface area contributed by atoms with Gasteiger partial charge in [-0.25, -0.2) is 9.97 Å². The van der Waals surface area contributed by atoms with Gasteiger partial charge in [-0.2, -0.15) is 0 Å². The number of aromatic amines is 1. The predicted molar refractivity (Wildman–Crippen MR) is 126 cm³/mol. The van der Waals surface area contributed by atoms with Crippen molar-refractivity contribution in [3.63, 3.8) is 0 Å². The van der Waals surface area contributed by atoms with Gasteiger partial charge in [0, 0.05) is 33.4 Å². The van der Waals surface area contributed by atoms with Crippen LogP contribution >= 0.6 is 22.9 Å². The van der Waals surface area contributed by atoms with Crippen molar-refractivity contribution in [3.05, 3.63) is 70.5 Å². The van der Waals surface area contributed by atoms with E-state index >= 15 is 0 Å². The van der Waals surface area contributed by atoms with Crippen LogP contribution in [0.4, 0.5) is 0 Å². The van der Waals surface area contributed by atoms with Gasteiger partial charge in [0.2, 0.25) is 0 Å². The molecule has 0 amide bonds. The number of aliphatic carboxylic acids is 1. The Morgan fingerprint density at radius 2 is 1.90 bits per heavy atom. The van der Waals surface area contributed by atoms with Crippen LogP contribution in [-0.2, 0) is 11.2 Å². The average molecular weight is 448 g/mol. The predicted octanol–water partition coefficient (Wildman–Crippen LogP) is 6.40. The van der Waals surface area contributed by atoms with Crippen LogP contribution in [0.2, 0.25) is 5.02 Å². The third-order valence-corrected chi connectivity index (χ3v) is 6.71. The SMILES string of the molecule is Cc1cc2cc(-c3nc4cc(C)c(CC(=O)O)c(-c5ccc(Cl)cc5)c4s3)cnc2[nH]1. The Bertz CT molecular complexity index is 1470. The third-order valence-electron chi connectivity index (χ3n) is 5.32. The number of H-pyrrole nitrogens is 1. The van der Waals surface area contributed by atoms with Gasteiger partial charge in [0.25, 0.3) is 0 Å². The van der Waals surface area contributed by atoms with Crippen molar-refractivity contribution in [2.45, 2.75) is 20.3 Å². The van der Waals surface area contributed by atoms with Crippen molar-refractivity contribution in [2.75, 3.05) is 0 Å². The maximum absolute atomic E-state index is 11.6. The van der Waals surface area contributed by atoms with E-state index in [1.807, 2.05) is 50.4 Å². The van der Waals surface area contributed by atoms with Crippen molar-refractivity contribution < 1.29 is 9.90 Å². The van der Waals surface area contributed by atoms with E-state index < -0.39 is 5.97 Å². The van der Waals surface area contributed by atoms with Gasteiger partial charge in [0.1, 0.15) is 10.7 Å². The van der Waals surface area contributed by atoms with Crippen molar-refractivity contribution in [2.24, 2.45) is 0 Å². The molecule has 0 saturated heterocycles. The van der Waals surface area contributed by atoms with Gasteiger partial charge >= 0.3 is 5.97 Å². The molecule has 7 heteroatoms. The normalized spacial score (nSPS) is 11.5. The first-order chi connectivity index (χ1) is 14.9. The number of hydrogen-bond acceptors (Lipinski definition) is 4. The first-order valence-corrected chi connectivity index (χ1v) is 10.9. The lowest BCUT2D eigenvalue weighted by atomic mass is 9.93. The Morgan fingerprint density at radius 3 is 2.65 bits per heavy atom. The van der Waals surface area contributed by atoms with E-state index in [4.69, 9.17) is 16.6 Å². The van der Waals surface area contributed by atoms with Crippen LogP contribution in [0.3, 0.4) is 0 Å². The quantitative estimate of drug-likeness (QED) is 0.334. The Labute approximate surface area is 187 Å². The topological polar surface area (TPSA) is 78.9 Å². The highest BCUT2D eigenvalue weighted by Crippen LogP contribution is 2.41.